The third-order valence-electron chi connectivity index (χ3n) is 1.49. The van der Waals surface area contributed by atoms with E-state index in [1.54, 1.807) is 0 Å². The average Bonchev–Trinajstić information content (AvgIpc) is 1.84. The molecule has 0 N–H and O–H groups in total. The van der Waals surface area contributed by atoms with Crippen LogP contribution in [0.2, 0.25) is 0 Å². The normalized spacial score (nSPS) is 10.9. The van der Waals surface area contributed by atoms with E-state index in [0.717, 1.165) is 20.8 Å². The van der Waals surface area contributed by atoms with Crippen LogP contribution in [0.3, 0.4) is 0 Å². The van der Waals surface area contributed by atoms with Crippen LogP contribution in [-0.4, -0.2) is 24.5 Å². The summed E-state index contributed by atoms with van der Waals surface area (Å²) in [5.74, 6) is 0. The highest BCUT2D eigenvalue weighted by Gasteiger charge is 2.50. The van der Waals surface area contributed by atoms with Gasteiger partial charge in [-0.25, -0.2) is 0 Å². The highest BCUT2D eigenvalue weighted by Crippen LogP contribution is 2.03. The van der Waals surface area contributed by atoms with Gasteiger partial charge in [0, 0.05) is 0 Å². The van der Waals surface area contributed by atoms with E-state index in [2.05, 4.69) is 0 Å². The fourth-order valence-electron chi connectivity index (χ4n) is 0.744. The molecule has 0 saturated heterocycles. The Labute approximate surface area is 65.3 Å². The van der Waals surface area contributed by atoms with Crippen molar-refractivity contribution in [3.8, 4) is 0 Å². The second-order valence-corrected chi connectivity index (χ2v) is 5.82. The first-order chi connectivity index (χ1) is 4.83. The Morgan fingerprint density at radius 3 is 1.00 bits per heavy atom. The molecule has 0 atom stereocenters. The Hall–Kier alpha value is -0.813. The van der Waals surface area contributed by atoms with Crippen LogP contribution in [-0.2, 0) is 19.2 Å². The molecule has 0 unspecified atom stereocenters. The van der Waals surface area contributed by atoms with Crippen molar-refractivity contribution >= 4 is 24.5 Å². The first-order valence-corrected chi connectivity index (χ1v) is 4.97. The smallest absolute Gasteiger partial charge is 0.301 e. The molecular formula is C6H9O4Si. The topological polar surface area (TPSA) is 71.1 Å². The number of carbonyl (C=O) groups is 3. The molecule has 5 heteroatoms. The number of carbonyl (C=O) groups excluding carboxylic acids is 3. The molecule has 0 bridgehead atoms. The summed E-state index contributed by atoms with van der Waals surface area (Å²) in [5.41, 5.74) is 0. The zero-order valence-electron chi connectivity index (χ0n) is 6.63. The van der Waals surface area contributed by atoms with Crippen LogP contribution in [0.4, 0.5) is 0 Å². The molecule has 0 amide bonds. The molecule has 4 nitrogen and oxygen atoms in total. The van der Waals surface area contributed by atoms with Crippen molar-refractivity contribution in [1.82, 2.24) is 0 Å². The van der Waals surface area contributed by atoms with Crippen LogP contribution in [0, 0.1) is 0 Å². The van der Waals surface area contributed by atoms with E-state index in [4.69, 9.17) is 0 Å². The molecule has 0 aliphatic carbocycles. The Balaban J connectivity index is 4.99. The lowest BCUT2D eigenvalue weighted by molar-refractivity contribution is -0.120. The number of hydrogen-bond donors (Lipinski definition) is 0. The molecule has 61 valence electrons. The van der Waals surface area contributed by atoms with E-state index >= 15 is 0 Å². The number of rotatable bonds is 3. The van der Waals surface area contributed by atoms with Crippen LogP contribution in [0.1, 0.15) is 20.8 Å². The molecule has 0 aromatic rings. The summed E-state index contributed by atoms with van der Waals surface area (Å²) in [4.78, 5) is 43.3. The van der Waals surface area contributed by atoms with Crippen LogP contribution in [0.15, 0.2) is 0 Å². The molecule has 0 spiro atoms. The zero-order valence-corrected chi connectivity index (χ0v) is 7.63. The van der Waals surface area contributed by atoms with Crippen molar-refractivity contribution in [2.45, 2.75) is 20.8 Å². The Bertz CT molecular complexity index is 185. The minimum absolute atomic E-state index is 0.808. The molecule has 11 heavy (non-hydrogen) atoms. The SMILES string of the molecule is CC(=O)[Si]([O])(C(C)=O)C(C)=O. The summed E-state index contributed by atoms with van der Waals surface area (Å²) in [5, 5.41) is -2.42. The summed E-state index contributed by atoms with van der Waals surface area (Å²) in [7, 11) is -4.15. The van der Waals surface area contributed by atoms with Crippen molar-refractivity contribution in [2.24, 2.45) is 0 Å². The molecule has 0 aromatic heterocycles. The van der Waals surface area contributed by atoms with Crippen LogP contribution >= 0.6 is 0 Å². The highest BCUT2D eigenvalue weighted by atomic mass is 28.4. The maximum absolute atomic E-state index is 11.3. The molecule has 0 rings (SSSR count). The summed E-state index contributed by atoms with van der Waals surface area (Å²) < 4.78 is 0. The van der Waals surface area contributed by atoms with Gasteiger partial charge < -0.3 is 14.4 Å². The highest BCUT2D eigenvalue weighted by molar-refractivity contribution is 7.35. The predicted octanol–water partition coefficient (Wildman–Crippen LogP) is -0.253. The first kappa shape index (κ1) is 10.2. The van der Waals surface area contributed by atoms with Gasteiger partial charge in [0.15, 0.2) is 16.2 Å². The van der Waals surface area contributed by atoms with Crippen LogP contribution in [0.5, 0.6) is 0 Å². The van der Waals surface area contributed by atoms with Gasteiger partial charge in [-0.1, -0.05) is 0 Å². The van der Waals surface area contributed by atoms with Gasteiger partial charge in [0.1, 0.15) is 0 Å². The van der Waals surface area contributed by atoms with E-state index in [1.165, 1.54) is 0 Å². The maximum Gasteiger partial charge on any atom is 0.435 e. The third kappa shape index (κ3) is 1.61. The predicted molar refractivity (Wildman–Crippen MR) is 38.5 cm³/mol. The van der Waals surface area contributed by atoms with Gasteiger partial charge in [0.05, 0.1) is 0 Å². The molecule has 0 aromatic carbocycles. The lowest BCUT2D eigenvalue weighted by Crippen LogP contribution is -2.55. The standard InChI is InChI=1S/C6H9O4Si/c1-4(7)11(10,5(2)8)6(3)9/h1-3H3. The van der Waals surface area contributed by atoms with E-state index in [1.807, 2.05) is 0 Å². The first-order valence-electron chi connectivity index (χ1n) is 3.07. The van der Waals surface area contributed by atoms with Crippen LogP contribution in [0.25, 0.3) is 0 Å². The van der Waals surface area contributed by atoms with Gasteiger partial charge in [0.25, 0.3) is 0 Å². The van der Waals surface area contributed by atoms with Gasteiger partial charge in [-0.2, -0.15) is 0 Å². The van der Waals surface area contributed by atoms with Gasteiger partial charge in [-0.3, -0.25) is 4.80 Å². The van der Waals surface area contributed by atoms with Crippen molar-refractivity contribution in [3.05, 3.63) is 0 Å². The largest absolute Gasteiger partial charge is 0.435 e. The fraction of sp³-hybridized carbons (Fsp3) is 0.500. The molecule has 1 radical (unpaired) electrons. The van der Waals surface area contributed by atoms with Crippen LogP contribution < -0.4 is 0 Å². The summed E-state index contributed by atoms with van der Waals surface area (Å²) in [6.07, 6.45) is 0. The molecular weight excluding hydrogens is 164 g/mol. The molecule has 0 aliphatic rings. The van der Waals surface area contributed by atoms with Gasteiger partial charge in [-0.15, -0.1) is 0 Å². The summed E-state index contributed by atoms with van der Waals surface area (Å²) in [6, 6.07) is 0. The van der Waals surface area contributed by atoms with Crippen molar-refractivity contribution in [2.75, 3.05) is 0 Å². The second kappa shape index (κ2) is 3.06. The molecule has 0 heterocycles. The summed E-state index contributed by atoms with van der Waals surface area (Å²) >= 11 is 0. The fourth-order valence-corrected chi connectivity index (χ4v) is 2.23. The molecule has 0 aliphatic heterocycles. The van der Waals surface area contributed by atoms with Crippen molar-refractivity contribution in [3.63, 3.8) is 0 Å². The lowest BCUT2D eigenvalue weighted by atomic mass is 10.9. The Morgan fingerprint density at radius 1 is 0.818 bits per heavy atom. The van der Waals surface area contributed by atoms with Gasteiger partial charge in [-0.05, 0) is 20.8 Å². The Morgan fingerprint density at radius 2 is 1.00 bits per heavy atom. The minimum Gasteiger partial charge on any atom is -0.301 e. The molecule has 0 saturated carbocycles. The quantitative estimate of drug-likeness (QED) is 0.552. The van der Waals surface area contributed by atoms with Gasteiger partial charge >= 0.3 is 8.32 Å². The lowest BCUT2D eigenvalue weighted by Gasteiger charge is -2.10. The van der Waals surface area contributed by atoms with E-state index in [-0.39, 0.29) is 0 Å². The zero-order chi connectivity index (χ0) is 9.23. The van der Waals surface area contributed by atoms with Gasteiger partial charge in [0.2, 0.25) is 0 Å². The number of hydrogen-bond acceptors (Lipinski definition) is 3. The summed E-state index contributed by atoms with van der Waals surface area (Å²) in [6.45, 7) is 3.01. The van der Waals surface area contributed by atoms with E-state index < -0.39 is 24.5 Å². The third-order valence-corrected chi connectivity index (χ3v) is 4.46. The van der Waals surface area contributed by atoms with E-state index in [9.17, 15) is 19.2 Å². The van der Waals surface area contributed by atoms with Crippen molar-refractivity contribution in [1.29, 1.82) is 0 Å². The molecule has 0 fully saturated rings. The second-order valence-electron chi connectivity index (χ2n) is 2.35. The van der Waals surface area contributed by atoms with E-state index in [0.29, 0.717) is 0 Å². The Kier molecular flexibility index (Phi) is 2.83. The minimum atomic E-state index is -4.15. The van der Waals surface area contributed by atoms with Crippen molar-refractivity contribution < 1.29 is 19.2 Å². The monoisotopic (exact) mass is 173 g/mol. The average molecular weight is 173 g/mol. The maximum atomic E-state index is 11.3.